The molecule has 1 atom stereocenters. The molecule has 3 rings (SSSR count). The molecule has 132 valence electrons. The quantitative estimate of drug-likeness (QED) is 0.871. The van der Waals surface area contributed by atoms with Gasteiger partial charge in [-0.2, -0.15) is 4.31 Å². The summed E-state index contributed by atoms with van der Waals surface area (Å²) in [6.45, 7) is 3.81. The maximum Gasteiger partial charge on any atom is 0.243 e. The third-order valence-corrected chi connectivity index (χ3v) is 7.07. The molecule has 1 aromatic carbocycles. The van der Waals surface area contributed by atoms with Gasteiger partial charge in [0.05, 0.1) is 4.90 Å². The lowest BCUT2D eigenvalue weighted by Gasteiger charge is -2.23. The summed E-state index contributed by atoms with van der Waals surface area (Å²) in [5, 5.41) is 0. The van der Waals surface area contributed by atoms with E-state index in [-0.39, 0.29) is 11.9 Å². The van der Waals surface area contributed by atoms with E-state index >= 15 is 0 Å². The Morgan fingerprint density at radius 1 is 1.21 bits per heavy atom. The van der Waals surface area contributed by atoms with Crippen LogP contribution in [-0.4, -0.2) is 55.8 Å². The van der Waals surface area contributed by atoms with Gasteiger partial charge in [0.25, 0.3) is 0 Å². The van der Waals surface area contributed by atoms with Crippen molar-refractivity contribution < 1.29 is 13.2 Å². The van der Waals surface area contributed by atoms with Gasteiger partial charge >= 0.3 is 0 Å². The monoisotopic (exact) mass is 351 g/mol. The lowest BCUT2D eigenvalue weighted by Crippen LogP contribution is -2.39. The Bertz CT molecular complexity index is 733. The van der Waals surface area contributed by atoms with Gasteiger partial charge in [0.2, 0.25) is 15.9 Å². The van der Waals surface area contributed by atoms with E-state index in [9.17, 15) is 13.2 Å². The zero-order valence-electron chi connectivity index (χ0n) is 14.1. The van der Waals surface area contributed by atoms with E-state index in [0.29, 0.717) is 37.5 Å². The Morgan fingerprint density at radius 2 is 1.92 bits per heavy atom. The highest BCUT2D eigenvalue weighted by molar-refractivity contribution is 7.89. The normalized spacial score (nSPS) is 22.2. The molecule has 0 spiro atoms. The smallest absolute Gasteiger partial charge is 0.243 e. The average molecular weight is 351 g/mol. The number of sulfonamides is 1. The molecule has 1 aromatic rings. The minimum atomic E-state index is -3.50. The highest BCUT2D eigenvalue weighted by atomic mass is 32.2. The summed E-state index contributed by atoms with van der Waals surface area (Å²) in [6, 6.07) is 5.30. The van der Waals surface area contributed by atoms with E-state index in [4.69, 9.17) is 5.73 Å². The molecule has 2 N–H and O–H groups in total. The Labute approximate surface area is 143 Å². The van der Waals surface area contributed by atoms with Crippen LogP contribution in [0.15, 0.2) is 23.1 Å². The number of hydrogen-bond acceptors (Lipinski definition) is 4. The third kappa shape index (κ3) is 3.20. The fraction of sp³-hybridized carbons (Fsp3) is 0.588. The Kier molecular flexibility index (Phi) is 4.94. The van der Waals surface area contributed by atoms with E-state index in [1.54, 1.807) is 23.4 Å². The SMILES string of the molecule is CC(=O)N1CCc2ccc(S(=O)(=O)N3CCCC3CN)cc2CC1. The van der Waals surface area contributed by atoms with Crippen LogP contribution in [0.4, 0.5) is 0 Å². The second-order valence-electron chi connectivity index (χ2n) is 6.58. The maximum absolute atomic E-state index is 13.0. The van der Waals surface area contributed by atoms with Crippen LogP contribution in [-0.2, 0) is 27.7 Å². The number of nitrogens with zero attached hydrogens (tertiary/aromatic N) is 2. The molecule has 24 heavy (non-hydrogen) atoms. The predicted molar refractivity (Wildman–Crippen MR) is 92.1 cm³/mol. The summed E-state index contributed by atoms with van der Waals surface area (Å²) in [4.78, 5) is 13.7. The lowest BCUT2D eigenvalue weighted by atomic mass is 10.0. The summed E-state index contributed by atoms with van der Waals surface area (Å²) in [6.07, 6.45) is 3.15. The van der Waals surface area contributed by atoms with E-state index in [0.717, 1.165) is 30.4 Å². The van der Waals surface area contributed by atoms with Gasteiger partial charge < -0.3 is 10.6 Å². The largest absolute Gasteiger partial charge is 0.342 e. The topological polar surface area (TPSA) is 83.7 Å². The lowest BCUT2D eigenvalue weighted by molar-refractivity contribution is -0.128. The second-order valence-corrected chi connectivity index (χ2v) is 8.47. The summed E-state index contributed by atoms with van der Waals surface area (Å²) >= 11 is 0. The first-order valence-corrected chi connectivity index (χ1v) is 9.96. The Balaban J connectivity index is 1.88. The number of carbonyl (C=O) groups is 1. The van der Waals surface area contributed by atoms with E-state index in [1.165, 1.54) is 0 Å². The first-order valence-electron chi connectivity index (χ1n) is 8.52. The van der Waals surface area contributed by atoms with Crippen LogP contribution in [0.2, 0.25) is 0 Å². The minimum Gasteiger partial charge on any atom is -0.342 e. The molecule has 2 aliphatic heterocycles. The molecule has 2 heterocycles. The summed E-state index contributed by atoms with van der Waals surface area (Å²) in [5.74, 6) is 0.0681. The fourth-order valence-corrected chi connectivity index (χ4v) is 5.43. The molecule has 0 saturated carbocycles. The van der Waals surface area contributed by atoms with Gasteiger partial charge in [-0.3, -0.25) is 4.79 Å². The molecule has 7 heteroatoms. The highest BCUT2D eigenvalue weighted by Crippen LogP contribution is 2.28. The van der Waals surface area contributed by atoms with Gasteiger partial charge in [-0.25, -0.2) is 8.42 Å². The number of amides is 1. The van der Waals surface area contributed by atoms with Crippen molar-refractivity contribution in [1.29, 1.82) is 0 Å². The van der Waals surface area contributed by atoms with Crippen molar-refractivity contribution in [3.8, 4) is 0 Å². The number of benzene rings is 1. The van der Waals surface area contributed by atoms with E-state index < -0.39 is 10.0 Å². The maximum atomic E-state index is 13.0. The highest BCUT2D eigenvalue weighted by Gasteiger charge is 2.34. The minimum absolute atomic E-state index is 0.0681. The first-order chi connectivity index (χ1) is 11.4. The van der Waals surface area contributed by atoms with Crippen molar-refractivity contribution in [2.24, 2.45) is 5.73 Å². The summed E-state index contributed by atoms with van der Waals surface area (Å²) < 4.78 is 27.5. The van der Waals surface area contributed by atoms with E-state index in [2.05, 4.69) is 0 Å². The summed E-state index contributed by atoms with van der Waals surface area (Å²) in [5.41, 5.74) is 7.90. The molecule has 2 aliphatic rings. The van der Waals surface area contributed by atoms with Crippen LogP contribution < -0.4 is 5.73 Å². The molecule has 1 amide bonds. The van der Waals surface area contributed by atoms with Crippen LogP contribution in [0.1, 0.15) is 30.9 Å². The Morgan fingerprint density at radius 3 is 2.58 bits per heavy atom. The summed E-state index contributed by atoms with van der Waals surface area (Å²) in [7, 11) is -3.50. The Hall–Kier alpha value is -1.44. The predicted octanol–water partition coefficient (Wildman–Crippen LogP) is 0.746. The number of carbonyl (C=O) groups excluding carboxylic acids is 1. The molecule has 6 nitrogen and oxygen atoms in total. The van der Waals surface area contributed by atoms with Crippen LogP contribution in [0.3, 0.4) is 0 Å². The molecule has 1 unspecified atom stereocenters. The van der Waals surface area contributed by atoms with Gasteiger partial charge in [-0.05, 0) is 48.9 Å². The zero-order chi connectivity index (χ0) is 17.3. The van der Waals surface area contributed by atoms with Gasteiger partial charge in [0.1, 0.15) is 0 Å². The van der Waals surface area contributed by atoms with Crippen molar-refractivity contribution in [3.05, 3.63) is 29.3 Å². The van der Waals surface area contributed by atoms with Crippen LogP contribution >= 0.6 is 0 Å². The van der Waals surface area contributed by atoms with Crippen molar-refractivity contribution in [2.45, 2.75) is 43.5 Å². The van der Waals surface area contributed by atoms with E-state index in [1.807, 2.05) is 11.0 Å². The van der Waals surface area contributed by atoms with Crippen LogP contribution in [0.25, 0.3) is 0 Å². The van der Waals surface area contributed by atoms with Crippen molar-refractivity contribution >= 4 is 15.9 Å². The number of nitrogens with two attached hydrogens (primary N) is 1. The van der Waals surface area contributed by atoms with Gasteiger partial charge in [-0.15, -0.1) is 0 Å². The zero-order valence-corrected chi connectivity index (χ0v) is 14.9. The standard InChI is InChI=1S/C17H25N3O3S/c1-13(21)19-9-6-14-4-5-17(11-15(14)7-10-19)24(22,23)20-8-2-3-16(20)12-18/h4-5,11,16H,2-3,6-10,12,18H2,1H3. The van der Waals surface area contributed by atoms with Crippen LogP contribution in [0, 0.1) is 0 Å². The molecular weight excluding hydrogens is 326 g/mol. The van der Waals surface area contributed by atoms with Crippen molar-refractivity contribution in [3.63, 3.8) is 0 Å². The number of rotatable bonds is 3. The number of hydrogen-bond donors (Lipinski definition) is 1. The molecule has 0 aromatic heterocycles. The first kappa shape index (κ1) is 17.4. The molecular formula is C17H25N3O3S. The average Bonchev–Trinajstić information content (AvgIpc) is 2.94. The molecule has 1 fully saturated rings. The second kappa shape index (κ2) is 6.82. The van der Waals surface area contributed by atoms with Crippen molar-refractivity contribution in [2.75, 3.05) is 26.2 Å². The van der Waals surface area contributed by atoms with Gasteiger partial charge in [0.15, 0.2) is 0 Å². The van der Waals surface area contributed by atoms with Crippen molar-refractivity contribution in [1.82, 2.24) is 9.21 Å². The molecule has 0 bridgehead atoms. The van der Waals surface area contributed by atoms with Crippen LogP contribution in [0.5, 0.6) is 0 Å². The molecule has 0 radical (unpaired) electrons. The molecule has 1 saturated heterocycles. The fourth-order valence-electron chi connectivity index (χ4n) is 3.67. The number of fused-ring (bicyclic) bond motifs is 1. The van der Waals surface area contributed by atoms with Gasteiger partial charge in [0, 0.05) is 39.1 Å². The molecule has 0 aliphatic carbocycles. The third-order valence-electron chi connectivity index (χ3n) is 5.13. The van der Waals surface area contributed by atoms with Gasteiger partial charge in [-0.1, -0.05) is 6.07 Å².